The summed E-state index contributed by atoms with van der Waals surface area (Å²) < 4.78 is 45.0. The molecule has 2 bridgehead atoms. The van der Waals surface area contributed by atoms with E-state index < -0.39 is 70.2 Å². The first-order valence-corrected chi connectivity index (χ1v) is 14.3. The fourth-order valence-electron chi connectivity index (χ4n) is 5.85. The van der Waals surface area contributed by atoms with Gasteiger partial charge in [0.05, 0.1) is 17.9 Å². The number of halogens is 2. The van der Waals surface area contributed by atoms with Crippen LogP contribution < -0.4 is 15.5 Å². The topological polar surface area (TPSA) is 138 Å². The number of pyridine rings is 1. The first kappa shape index (κ1) is 31.1. The van der Waals surface area contributed by atoms with E-state index in [0.29, 0.717) is 25.3 Å². The van der Waals surface area contributed by atoms with E-state index in [2.05, 4.69) is 10.5 Å². The quantitative estimate of drug-likeness (QED) is 0.461. The summed E-state index contributed by atoms with van der Waals surface area (Å²) in [7, 11) is 1.43. The molecule has 1 fully saturated rings. The summed E-state index contributed by atoms with van der Waals surface area (Å²) in [5, 5.41) is 6.64. The van der Waals surface area contributed by atoms with Gasteiger partial charge >= 0.3 is 6.16 Å². The normalized spacial score (nSPS) is 23.7. The molecule has 1 aromatic carbocycles. The Labute approximate surface area is 253 Å². The number of carbonyl (C=O) groups excluding carboxylic acids is 3. The SMILES string of the molecule is COC(C)C(C)OC(=O)Oc1c2n(cc(C(=O)NCc3ccc(F)cc3F)c1=O)[C@@H]1CN(C2=O)[C@@H](C)CC[C@]12CC(C)=NO2.[HH]. The van der Waals surface area contributed by atoms with E-state index >= 15 is 0 Å². The molecular formula is C30H36F2N4O8. The summed E-state index contributed by atoms with van der Waals surface area (Å²) in [5.41, 5.74) is -1.94. The zero-order valence-electron chi connectivity index (χ0n) is 25.0. The maximum absolute atomic E-state index is 14.3. The van der Waals surface area contributed by atoms with Crippen LogP contribution in [0.15, 0.2) is 34.3 Å². The van der Waals surface area contributed by atoms with Crippen LogP contribution >= 0.6 is 0 Å². The highest BCUT2D eigenvalue weighted by Gasteiger charge is 2.54. The predicted octanol–water partition coefficient (Wildman–Crippen LogP) is 3.96. The van der Waals surface area contributed by atoms with E-state index in [1.54, 1.807) is 18.7 Å². The van der Waals surface area contributed by atoms with Gasteiger partial charge < -0.3 is 33.8 Å². The second-order valence-corrected chi connectivity index (χ2v) is 11.5. The van der Waals surface area contributed by atoms with E-state index in [0.717, 1.165) is 11.8 Å². The molecule has 0 saturated carbocycles. The summed E-state index contributed by atoms with van der Waals surface area (Å²) in [4.78, 5) is 61.7. The maximum atomic E-state index is 14.3. The number of amides is 2. The number of nitrogens with zero attached hydrogens (tertiary/aromatic N) is 3. The summed E-state index contributed by atoms with van der Waals surface area (Å²) in [5.74, 6) is -3.86. The molecule has 1 N–H and O–H groups in total. The molecule has 0 radical (unpaired) electrons. The molecule has 238 valence electrons. The van der Waals surface area contributed by atoms with E-state index in [-0.39, 0.29) is 31.8 Å². The standard InChI is InChI=1S/C30H34F2N4O8.H2/c1-15-11-30(44-34-15)9-8-16(2)35-14-23(30)36-13-21(27(38)33-12-19-6-7-20(31)10-22(19)32)25(37)26(24(36)28(35)39)43-29(40)42-18(4)17(3)41-5;/h6-7,10,13,16-18,23H,8-9,11-12,14H2,1-5H3,(H,33,38);1H/t16-,17?,18?,23+,30-;/m0./s1. The molecule has 3 aliphatic heterocycles. The van der Waals surface area contributed by atoms with Gasteiger partial charge in [-0.3, -0.25) is 14.4 Å². The average Bonchev–Trinajstić information content (AvgIpc) is 3.31. The molecule has 1 saturated heterocycles. The van der Waals surface area contributed by atoms with Crippen molar-refractivity contribution in [3.8, 4) is 5.75 Å². The van der Waals surface area contributed by atoms with Crippen molar-refractivity contribution in [1.82, 2.24) is 14.8 Å². The number of oxime groups is 1. The van der Waals surface area contributed by atoms with Crippen molar-refractivity contribution < 1.29 is 43.6 Å². The van der Waals surface area contributed by atoms with Gasteiger partial charge in [0.1, 0.15) is 23.3 Å². The molecule has 2 unspecified atom stereocenters. The summed E-state index contributed by atoms with van der Waals surface area (Å²) in [6.45, 7) is 6.74. The van der Waals surface area contributed by atoms with Gasteiger partial charge in [-0.25, -0.2) is 13.6 Å². The number of rotatable bonds is 7. The minimum atomic E-state index is -1.28. The molecular weight excluding hydrogens is 582 g/mol. The van der Waals surface area contributed by atoms with Gasteiger partial charge in [-0.2, -0.15) is 0 Å². The van der Waals surface area contributed by atoms with E-state index in [1.165, 1.54) is 23.9 Å². The second kappa shape index (κ2) is 12.0. The van der Waals surface area contributed by atoms with Crippen molar-refractivity contribution in [2.75, 3.05) is 13.7 Å². The number of ether oxygens (including phenoxy) is 3. The van der Waals surface area contributed by atoms with Crippen LogP contribution in [0.3, 0.4) is 0 Å². The smallest absolute Gasteiger partial charge is 0.428 e. The first-order chi connectivity index (χ1) is 20.8. The summed E-state index contributed by atoms with van der Waals surface area (Å²) in [6.07, 6.45) is 0.199. The molecule has 5 atom stereocenters. The van der Waals surface area contributed by atoms with Gasteiger partial charge in [-0.15, -0.1) is 0 Å². The first-order valence-electron chi connectivity index (χ1n) is 14.3. The molecule has 0 aliphatic carbocycles. The van der Waals surface area contributed by atoms with Crippen LogP contribution in [0.2, 0.25) is 0 Å². The molecule has 12 nitrogen and oxygen atoms in total. The Kier molecular flexibility index (Phi) is 8.47. The highest BCUT2D eigenvalue weighted by Crippen LogP contribution is 2.46. The van der Waals surface area contributed by atoms with Gasteiger partial charge in [0, 0.05) is 51.9 Å². The maximum Gasteiger partial charge on any atom is 0.514 e. The summed E-state index contributed by atoms with van der Waals surface area (Å²) >= 11 is 0. The molecule has 2 aromatic rings. The largest absolute Gasteiger partial charge is 0.514 e. The van der Waals surface area contributed by atoms with E-state index in [1.807, 2.05) is 13.8 Å². The van der Waals surface area contributed by atoms with Crippen LogP contribution in [-0.2, 0) is 20.9 Å². The van der Waals surface area contributed by atoms with E-state index in [9.17, 15) is 28.0 Å². The Morgan fingerprint density at radius 3 is 2.66 bits per heavy atom. The number of benzene rings is 1. The Morgan fingerprint density at radius 2 is 2.00 bits per heavy atom. The van der Waals surface area contributed by atoms with Crippen LogP contribution in [-0.4, -0.2) is 70.7 Å². The lowest BCUT2D eigenvalue weighted by molar-refractivity contribution is -0.0656. The van der Waals surface area contributed by atoms with Crippen molar-refractivity contribution in [2.45, 2.75) is 83.4 Å². The van der Waals surface area contributed by atoms with Crippen molar-refractivity contribution in [2.24, 2.45) is 5.16 Å². The Morgan fingerprint density at radius 1 is 1.25 bits per heavy atom. The van der Waals surface area contributed by atoms with E-state index in [4.69, 9.17) is 19.0 Å². The third-order valence-corrected chi connectivity index (χ3v) is 8.62. The molecule has 2 amide bonds. The molecule has 5 rings (SSSR count). The third kappa shape index (κ3) is 5.65. The lowest BCUT2D eigenvalue weighted by Gasteiger charge is -2.42. The number of aromatic nitrogens is 1. The fourth-order valence-corrected chi connectivity index (χ4v) is 5.85. The van der Waals surface area contributed by atoms with Crippen molar-refractivity contribution in [3.63, 3.8) is 0 Å². The Balaban J connectivity index is 0.00000461. The van der Waals surface area contributed by atoms with Crippen molar-refractivity contribution >= 4 is 23.7 Å². The minimum absolute atomic E-state index is 0. The van der Waals surface area contributed by atoms with Crippen LogP contribution in [0.1, 0.15) is 80.8 Å². The average molecular weight is 619 g/mol. The molecule has 44 heavy (non-hydrogen) atoms. The minimum Gasteiger partial charge on any atom is -0.428 e. The van der Waals surface area contributed by atoms with Gasteiger partial charge in [-0.1, -0.05) is 11.2 Å². The zero-order chi connectivity index (χ0) is 31.9. The lowest BCUT2D eigenvalue weighted by Crippen LogP contribution is -2.52. The van der Waals surface area contributed by atoms with Gasteiger partial charge in [0.15, 0.2) is 11.3 Å². The number of hydrogen-bond acceptors (Lipinski definition) is 9. The molecule has 1 aromatic heterocycles. The molecule has 4 heterocycles. The zero-order valence-corrected chi connectivity index (χ0v) is 25.0. The van der Waals surface area contributed by atoms with Crippen LogP contribution in [0.25, 0.3) is 0 Å². The number of methoxy groups -OCH3 is 1. The number of carbonyl (C=O) groups is 3. The van der Waals surface area contributed by atoms with Crippen LogP contribution in [0, 0.1) is 11.6 Å². The predicted molar refractivity (Wildman–Crippen MR) is 154 cm³/mol. The van der Waals surface area contributed by atoms with Crippen molar-refractivity contribution in [3.05, 3.63) is 63.1 Å². The van der Waals surface area contributed by atoms with Gasteiger partial charge in [0.25, 0.3) is 11.8 Å². The molecule has 1 spiro atoms. The highest BCUT2D eigenvalue weighted by molar-refractivity contribution is 6.00. The number of fused-ring (bicyclic) bond motifs is 5. The van der Waals surface area contributed by atoms with Gasteiger partial charge in [-0.05, 0) is 46.6 Å². The monoisotopic (exact) mass is 618 g/mol. The lowest BCUT2D eigenvalue weighted by atomic mass is 9.84. The Hall–Kier alpha value is -4.33. The van der Waals surface area contributed by atoms with Crippen LogP contribution in [0.4, 0.5) is 13.6 Å². The fraction of sp³-hybridized carbons (Fsp3) is 0.500. The molecule has 14 heteroatoms. The number of hydrogen-bond donors (Lipinski definition) is 1. The van der Waals surface area contributed by atoms with Gasteiger partial charge in [0.2, 0.25) is 11.2 Å². The second-order valence-electron chi connectivity index (χ2n) is 11.5. The summed E-state index contributed by atoms with van der Waals surface area (Å²) in [6, 6.07) is 2.02. The van der Waals surface area contributed by atoms with Crippen LogP contribution in [0.5, 0.6) is 5.75 Å². The molecule has 3 aliphatic rings. The van der Waals surface area contributed by atoms with Crippen molar-refractivity contribution in [1.29, 1.82) is 0 Å². The third-order valence-electron chi connectivity index (χ3n) is 8.62. The Bertz CT molecular complexity index is 1600. The number of nitrogens with one attached hydrogen (secondary N) is 1. The highest BCUT2D eigenvalue weighted by atomic mass is 19.1.